The lowest BCUT2D eigenvalue weighted by Gasteiger charge is -2.29. The molecule has 0 spiro atoms. The van der Waals surface area contributed by atoms with Crippen molar-refractivity contribution >= 4 is 0 Å². The molecule has 3 heteroatoms. The topological polar surface area (TPSA) is 25.4 Å². The van der Waals surface area contributed by atoms with Crippen molar-refractivity contribution in [1.29, 1.82) is 0 Å². The van der Waals surface area contributed by atoms with Crippen molar-refractivity contribution in [3.8, 4) is 5.88 Å². The Kier molecular flexibility index (Phi) is 5.00. The van der Waals surface area contributed by atoms with Crippen molar-refractivity contribution in [2.75, 3.05) is 26.2 Å². The highest BCUT2D eigenvalue weighted by Gasteiger charge is 2.14. The van der Waals surface area contributed by atoms with Crippen LogP contribution in [0.5, 0.6) is 5.88 Å². The Morgan fingerprint density at radius 2 is 2.11 bits per heavy atom. The second-order valence-electron chi connectivity index (χ2n) is 5.40. The van der Waals surface area contributed by atoms with E-state index in [4.69, 9.17) is 4.74 Å². The number of rotatable bonds is 5. The van der Waals surface area contributed by atoms with E-state index in [-0.39, 0.29) is 0 Å². The van der Waals surface area contributed by atoms with Gasteiger partial charge < -0.3 is 9.64 Å². The number of piperidine rings is 1. The third kappa shape index (κ3) is 4.30. The number of aromatic nitrogens is 1. The van der Waals surface area contributed by atoms with Gasteiger partial charge in [-0.2, -0.15) is 0 Å². The first-order valence-electron chi connectivity index (χ1n) is 7.02. The van der Waals surface area contributed by atoms with Crippen LogP contribution in [-0.4, -0.2) is 36.1 Å². The molecule has 0 atom stereocenters. The molecule has 100 valence electrons. The summed E-state index contributed by atoms with van der Waals surface area (Å²) in [5.41, 5.74) is 1.17. The van der Waals surface area contributed by atoms with Crippen LogP contribution in [0.25, 0.3) is 0 Å². The molecule has 2 rings (SSSR count). The molecular weight excluding hydrogens is 224 g/mol. The lowest BCUT2D eigenvalue weighted by molar-refractivity contribution is 0.176. The minimum absolute atomic E-state index is 0.743. The lowest BCUT2D eigenvalue weighted by Crippen LogP contribution is -2.34. The zero-order valence-corrected chi connectivity index (χ0v) is 11.6. The van der Waals surface area contributed by atoms with Gasteiger partial charge in [-0.15, -0.1) is 0 Å². The summed E-state index contributed by atoms with van der Waals surface area (Å²) in [6, 6.07) is 3.98. The van der Waals surface area contributed by atoms with Crippen molar-refractivity contribution in [3.63, 3.8) is 0 Å². The van der Waals surface area contributed by atoms with Crippen LogP contribution in [0.3, 0.4) is 0 Å². The highest BCUT2D eigenvalue weighted by Crippen LogP contribution is 2.16. The summed E-state index contributed by atoms with van der Waals surface area (Å²) in [5, 5.41) is 0. The van der Waals surface area contributed by atoms with Gasteiger partial charge in [0.2, 0.25) is 5.88 Å². The van der Waals surface area contributed by atoms with E-state index in [0.29, 0.717) is 0 Å². The Labute approximate surface area is 110 Å². The van der Waals surface area contributed by atoms with Crippen LogP contribution in [0.1, 0.15) is 31.7 Å². The molecule has 1 aromatic rings. The summed E-state index contributed by atoms with van der Waals surface area (Å²) >= 11 is 0. The third-order valence-electron chi connectivity index (χ3n) is 3.63. The van der Waals surface area contributed by atoms with Crippen molar-refractivity contribution in [3.05, 3.63) is 23.9 Å². The van der Waals surface area contributed by atoms with E-state index in [1.807, 2.05) is 25.3 Å². The molecule has 3 nitrogen and oxygen atoms in total. The largest absolute Gasteiger partial charge is 0.478 e. The fourth-order valence-electron chi connectivity index (χ4n) is 2.29. The quantitative estimate of drug-likeness (QED) is 0.749. The second-order valence-corrected chi connectivity index (χ2v) is 5.40. The predicted molar refractivity (Wildman–Crippen MR) is 73.9 cm³/mol. The molecule has 0 radical (unpaired) electrons. The number of likely N-dealkylation sites (tertiary alicyclic amines) is 1. The molecule has 0 unspecified atom stereocenters. The van der Waals surface area contributed by atoms with E-state index in [0.717, 1.165) is 31.4 Å². The first-order chi connectivity index (χ1) is 8.74. The molecule has 0 bridgehead atoms. The van der Waals surface area contributed by atoms with Crippen LogP contribution in [0.2, 0.25) is 0 Å². The van der Waals surface area contributed by atoms with Gasteiger partial charge in [0.15, 0.2) is 0 Å². The van der Waals surface area contributed by atoms with Crippen LogP contribution in [0.15, 0.2) is 18.3 Å². The molecule has 0 amide bonds. The van der Waals surface area contributed by atoms with Gasteiger partial charge in [0, 0.05) is 18.8 Å². The number of aryl methyl sites for hydroxylation is 1. The van der Waals surface area contributed by atoms with E-state index >= 15 is 0 Å². The van der Waals surface area contributed by atoms with Gasteiger partial charge in [-0.3, -0.25) is 0 Å². The maximum Gasteiger partial charge on any atom is 0.213 e. The lowest BCUT2D eigenvalue weighted by atomic mass is 9.99. The number of hydrogen-bond donors (Lipinski definition) is 0. The van der Waals surface area contributed by atoms with Crippen molar-refractivity contribution < 1.29 is 4.74 Å². The standard InChI is InChI=1S/C15H24N2O/c1-13-6-9-17(10-7-13)8-3-11-18-15-5-4-14(2)12-16-15/h4-5,12-13H,3,6-11H2,1-2H3. The summed E-state index contributed by atoms with van der Waals surface area (Å²) < 4.78 is 5.64. The fourth-order valence-corrected chi connectivity index (χ4v) is 2.29. The smallest absolute Gasteiger partial charge is 0.213 e. The SMILES string of the molecule is Cc1ccc(OCCCN2CCC(C)CC2)nc1. The van der Waals surface area contributed by atoms with Gasteiger partial charge in [-0.25, -0.2) is 4.98 Å². The first-order valence-corrected chi connectivity index (χ1v) is 7.02. The molecule has 0 aliphatic carbocycles. The van der Waals surface area contributed by atoms with Gasteiger partial charge in [0.05, 0.1) is 6.61 Å². The van der Waals surface area contributed by atoms with E-state index in [1.165, 1.54) is 31.5 Å². The normalized spacial score (nSPS) is 17.9. The highest BCUT2D eigenvalue weighted by atomic mass is 16.5. The molecule has 18 heavy (non-hydrogen) atoms. The second kappa shape index (κ2) is 6.74. The maximum atomic E-state index is 5.64. The zero-order chi connectivity index (χ0) is 12.8. The van der Waals surface area contributed by atoms with Gasteiger partial charge in [0.1, 0.15) is 0 Å². The van der Waals surface area contributed by atoms with E-state index in [2.05, 4.69) is 16.8 Å². The summed E-state index contributed by atoms with van der Waals surface area (Å²) in [5.74, 6) is 1.65. The molecule has 1 aliphatic heterocycles. The van der Waals surface area contributed by atoms with Gasteiger partial charge in [0.25, 0.3) is 0 Å². The van der Waals surface area contributed by atoms with E-state index < -0.39 is 0 Å². The van der Waals surface area contributed by atoms with Gasteiger partial charge in [-0.1, -0.05) is 13.0 Å². The van der Waals surface area contributed by atoms with Crippen LogP contribution >= 0.6 is 0 Å². The summed E-state index contributed by atoms with van der Waals surface area (Å²) in [7, 11) is 0. The monoisotopic (exact) mass is 248 g/mol. The first kappa shape index (κ1) is 13.3. The Morgan fingerprint density at radius 3 is 2.78 bits per heavy atom. The molecule has 0 N–H and O–H groups in total. The van der Waals surface area contributed by atoms with Crippen LogP contribution in [0.4, 0.5) is 0 Å². The average molecular weight is 248 g/mol. The predicted octanol–water partition coefficient (Wildman–Crippen LogP) is 2.89. The minimum Gasteiger partial charge on any atom is -0.478 e. The molecule has 1 saturated heterocycles. The number of nitrogens with zero attached hydrogens (tertiary/aromatic N) is 2. The third-order valence-corrected chi connectivity index (χ3v) is 3.63. The van der Waals surface area contributed by atoms with Crippen LogP contribution < -0.4 is 4.74 Å². The molecule has 1 aromatic heterocycles. The Balaban J connectivity index is 1.60. The number of ether oxygens (including phenoxy) is 1. The fraction of sp³-hybridized carbons (Fsp3) is 0.667. The van der Waals surface area contributed by atoms with E-state index in [9.17, 15) is 0 Å². The minimum atomic E-state index is 0.743. The van der Waals surface area contributed by atoms with Crippen molar-refractivity contribution in [2.24, 2.45) is 5.92 Å². The van der Waals surface area contributed by atoms with Crippen molar-refractivity contribution in [1.82, 2.24) is 9.88 Å². The number of hydrogen-bond acceptors (Lipinski definition) is 3. The average Bonchev–Trinajstić information content (AvgIpc) is 2.39. The number of pyridine rings is 1. The Morgan fingerprint density at radius 1 is 1.33 bits per heavy atom. The Hall–Kier alpha value is -1.09. The van der Waals surface area contributed by atoms with Gasteiger partial charge >= 0.3 is 0 Å². The molecule has 0 saturated carbocycles. The molecular formula is C15H24N2O. The van der Waals surface area contributed by atoms with E-state index in [1.54, 1.807) is 0 Å². The molecule has 2 heterocycles. The summed E-state index contributed by atoms with van der Waals surface area (Å²) in [6.07, 6.45) is 5.63. The highest BCUT2D eigenvalue weighted by molar-refractivity contribution is 5.16. The van der Waals surface area contributed by atoms with Crippen molar-refractivity contribution in [2.45, 2.75) is 33.1 Å². The summed E-state index contributed by atoms with van der Waals surface area (Å²) in [4.78, 5) is 6.78. The Bertz CT molecular complexity index is 342. The van der Waals surface area contributed by atoms with Gasteiger partial charge in [-0.05, 0) is 50.8 Å². The molecule has 1 fully saturated rings. The van der Waals surface area contributed by atoms with Crippen LogP contribution in [-0.2, 0) is 0 Å². The summed E-state index contributed by atoms with van der Waals surface area (Å²) in [6.45, 7) is 8.81. The zero-order valence-electron chi connectivity index (χ0n) is 11.6. The molecule has 0 aromatic carbocycles. The maximum absolute atomic E-state index is 5.64. The molecule has 1 aliphatic rings. The van der Waals surface area contributed by atoms with Crippen LogP contribution in [0, 0.1) is 12.8 Å².